The predicted molar refractivity (Wildman–Crippen MR) is 37.5 cm³/mol. The van der Waals surface area contributed by atoms with Gasteiger partial charge in [0.15, 0.2) is 0 Å². The molecule has 10 heavy (non-hydrogen) atoms. The molecule has 2 heterocycles. The van der Waals surface area contributed by atoms with Crippen molar-refractivity contribution >= 4 is 0 Å². The first-order chi connectivity index (χ1) is 4.83. The zero-order chi connectivity index (χ0) is 7.14. The molecule has 2 bridgehead atoms. The van der Waals surface area contributed by atoms with Gasteiger partial charge in [-0.1, -0.05) is 19.1 Å². The van der Waals surface area contributed by atoms with E-state index in [1.165, 1.54) is 0 Å². The number of hydrogen-bond acceptors (Lipinski definition) is 2. The quantitative estimate of drug-likeness (QED) is 0.539. The molecule has 0 aromatic carbocycles. The normalized spacial score (nSPS) is 50.6. The molecule has 56 valence electrons. The van der Waals surface area contributed by atoms with E-state index < -0.39 is 0 Å². The van der Waals surface area contributed by atoms with Crippen molar-refractivity contribution in [3.05, 3.63) is 12.2 Å². The van der Waals surface area contributed by atoms with Crippen LogP contribution in [0.1, 0.15) is 6.92 Å². The molecule has 1 saturated heterocycles. The summed E-state index contributed by atoms with van der Waals surface area (Å²) in [6.45, 7) is 2.39. The van der Waals surface area contributed by atoms with Crippen molar-refractivity contribution < 1.29 is 9.84 Å². The average Bonchev–Trinajstić information content (AvgIpc) is 2.46. The van der Waals surface area contributed by atoms with Gasteiger partial charge in [-0.3, -0.25) is 0 Å². The summed E-state index contributed by atoms with van der Waals surface area (Å²) in [5.74, 6) is 0.843. The highest BCUT2D eigenvalue weighted by molar-refractivity contribution is 5.13. The van der Waals surface area contributed by atoms with Gasteiger partial charge in [0.05, 0.1) is 12.2 Å². The molecule has 0 aromatic rings. The van der Waals surface area contributed by atoms with Crippen LogP contribution in [0.4, 0.5) is 0 Å². The number of ether oxygens (including phenoxy) is 1. The SMILES string of the molecule is CC1C(CO)[C@@H]2C=C[C@H]1O2. The molecular formula is C8H12O2. The monoisotopic (exact) mass is 140 g/mol. The number of fused-ring (bicyclic) bond motifs is 2. The average molecular weight is 140 g/mol. The van der Waals surface area contributed by atoms with Crippen LogP contribution in [0, 0.1) is 11.8 Å². The Bertz CT molecular complexity index is 165. The van der Waals surface area contributed by atoms with Gasteiger partial charge in [0.1, 0.15) is 0 Å². The molecule has 0 radical (unpaired) electrons. The smallest absolute Gasteiger partial charge is 0.0818 e. The first-order valence-electron chi connectivity index (χ1n) is 3.77. The summed E-state index contributed by atoms with van der Waals surface area (Å²) in [7, 11) is 0. The zero-order valence-electron chi connectivity index (χ0n) is 6.03. The van der Waals surface area contributed by atoms with Crippen molar-refractivity contribution in [2.24, 2.45) is 11.8 Å². The van der Waals surface area contributed by atoms with Crippen molar-refractivity contribution in [1.82, 2.24) is 0 Å². The van der Waals surface area contributed by atoms with E-state index in [2.05, 4.69) is 19.1 Å². The summed E-state index contributed by atoms with van der Waals surface area (Å²) in [6.07, 6.45) is 4.64. The summed E-state index contributed by atoms with van der Waals surface area (Å²) in [5, 5.41) is 8.94. The molecule has 2 nitrogen and oxygen atoms in total. The van der Waals surface area contributed by atoms with Crippen LogP contribution in [-0.4, -0.2) is 23.9 Å². The van der Waals surface area contributed by atoms with Gasteiger partial charge in [-0.15, -0.1) is 0 Å². The Labute approximate surface area is 60.5 Å². The summed E-state index contributed by atoms with van der Waals surface area (Å²) in [6, 6.07) is 0. The van der Waals surface area contributed by atoms with E-state index in [-0.39, 0.29) is 18.8 Å². The minimum absolute atomic E-state index is 0.199. The van der Waals surface area contributed by atoms with E-state index in [1.807, 2.05) is 0 Å². The Morgan fingerprint density at radius 2 is 2.10 bits per heavy atom. The molecule has 0 amide bonds. The topological polar surface area (TPSA) is 29.5 Å². The van der Waals surface area contributed by atoms with E-state index in [1.54, 1.807) is 0 Å². The van der Waals surface area contributed by atoms with Gasteiger partial charge in [0.2, 0.25) is 0 Å². The summed E-state index contributed by atoms with van der Waals surface area (Å²) in [4.78, 5) is 0. The van der Waals surface area contributed by atoms with Crippen LogP contribution in [-0.2, 0) is 4.74 Å². The largest absolute Gasteiger partial charge is 0.396 e. The minimum atomic E-state index is 0.199. The van der Waals surface area contributed by atoms with Gasteiger partial charge in [-0.05, 0) is 5.92 Å². The second-order valence-corrected chi connectivity index (χ2v) is 3.16. The van der Waals surface area contributed by atoms with Crippen molar-refractivity contribution in [1.29, 1.82) is 0 Å². The number of aliphatic hydroxyl groups excluding tert-OH is 1. The molecule has 1 N–H and O–H groups in total. The summed E-state index contributed by atoms with van der Waals surface area (Å²) < 4.78 is 5.52. The third-order valence-electron chi connectivity index (χ3n) is 2.63. The second kappa shape index (κ2) is 2.07. The lowest BCUT2D eigenvalue weighted by Gasteiger charge is -2.18. The van der Waals surface area contributed by atoms with Crippen LogP contribution in [0.15, 0.2) is 12.2 Å². The first kappa shape index (κ1) is 6.38. The minimum Gasteiger partial charge on any atom is -0.396 e. The van der Waals surface area contributed by atoms with Crippen LogP contribution < -0.4 is 0 Å². The van der Waals surface area contributed by atoms with Crippen LogP contribution >= 0.6 is 0 Å². The van der Waals surface area contributed by atoms with Crippen molar-refractivity contribution in [2.45, 2.75) is 19.1 Å². The Kier molecular flexibility index (Phi) is 1.32. The Morgan fingerprint density at radius 3 is 2.50 bits per heavy atom. The van der Waals surface area contributed by atoms with Crippen LogP contribution in [0.5, 0.6) is 0 Å². The summed E-state index contributed by atoms with van der Waals surface area (Å²) in [5.41, 5.74) is 0. The standard InChI is InChI=1S/C8H12O2/c1-5-6(4-9)8-3-2-7(5)10-8/h2-3,5-9H,4H2,1H3/t5?,6?,7-,8+/m1/s1. The maximum Gasteiger partial charge on any atom is 0.0818 e. The third kappa shape index (κ3) is 0.662. The van der Waals surface area contributed by atoms with Crippen LogP contribution in [0.3, 0.4) is 0 Å². The fraction of sp³-hybridized carbons (Fsp3) is 0.750. The molecule has 4 atom stereocenters. The highest BCUT2D eigenvalue weighted by Gasteiger charge is 2.42. The molecule has 2 unspecified atom stereocenters. The maximum absolute atomic E-state index is 8.94. The molecule has 2 heteroatoms. The lowest BCUT2D eigenvalue weighted by atomic mass is 9.85. The van der Waals surface area contributed by atoms with E-state index in [0.29, 0.717) is 11.8 Å². The molecule has 1 fully saturated rings. The summed E-state index contributed by atoms with van der Waals surface area (Å²) >= 11 is 0. The highest BCUT2D eigenvalue weighted by atomic mass is 16.5. The lowest BCUT2D eigenvalue weighted by Crippen LogP contribution is -2.24. The van der Waals surface area contributed by atoms with Crippen LogP contribution in [0.2, 0.25) is 0 Å². The van der Waals surface area contributed by atoms with Crippen molar-refractivity contribution in [3.8, 4) is 0 Å². The van der Waals surface area contributed by atoms with E-state index in [0.717, 1.165) is 0 Å². The molecule has 0 aliphatic carbocycles. The number of hydrogen-bond donors (Lipinski definition) is 1. The fourth-order valence-electron chi connectivity index (χ4n) is 1.85. The predicted octanol–water partition coefficient (Wildman–Crippen LogP) is 0.568. The molecule has 2 aliphatic rings. The third-order valence-corrected chi connectivity index (χ3v) is 2.63. The first-order valence-corrected chi connectivity index (χ1v) is 3.77. The van der Waals surface area contributed by atoms with Crippen molar-refractivity contribution in [2.75, 3.05) is 6.61 Å². The van der Waals surface area contributed by atoms with Crippen LogP contribution in [0.25, 0.3) is 0 Å². The van der Waals surface area contributed by atoms with Gasteiger partial charge >= 0.3 is 0 Å². The maximum atomic E-state index is 8.94. The molecule has 0 saturated carbocycles. The second-order valence-electron chi connectivity index (χ2n) is 3.16. The molecular weight excluding hydrogens is 128 g/mol. The molecule has 2 aliphatic heterocycles. The number of aliphatic hydroxyl groups is 1. The van der Waals surface area contributed by atoms with Gasteiger partial charge in [-0.25, -0.2) is 0 Å². The Morgan fingerprint density at radius 1 is 1.40 bits per heavy atom. The van der Waals surface area contributed by atoms with Crippen molar-refractivity contribution in [3.63, 3.8) is 0 Å². The molecule has 0 spiro atoms. The molecule has 2 rings (SSSR count). The lowest BCUT2D eigenvalue weighted by molar-refractivity contribution is 0.0941. The Hall–Kier alpha value is -0.340. The Balaban J connectivity index is 2.18. The highest BCUT2D eigenvalue weighted by Crippen LogP contribution is 2.37. The van der Waals surface area contributed by atoms with Gasteiger partial charge in [0, 0.05) is 12.5 Å². The van der Waals surface area contributed by atoms with Gasteiger partial charge in [-0.2, -0.15) is 0 Å². The zero-order valence-corrected chi connectivity index (χ0v) is 6.03. The number of rotatable bonds is 1. The van der Waals surface area contributed by atoms with Gasteiger partial charge < -0.3 is 9.84 Å². The molecule has 0 aromatic heterocycles. The van der Waals surface area contributed by atoms with E-state index >= 15 is 0 Å². The fourth-order valence-corrected chi connectivity index (χ4v) is 1.85. The van der Waals surface area contributed by atoms with Gasteiger partial charge in [0.25, 0.3) is 0 Å². The van der Waals surface area contributed by atoms with E-state index in [9.17, 15) is 0 Å². The van der Waals surface area contributed by atoms with E-state index in [4.69, 9.17) is 9.84 Å².